The van der Waals surface area contributed by atoms with Gasteiger partial charge in [-0.1, -0.05) is 20.8 Å². The van der Waals surface area contributed by atoms with Gasteiger partial charge >= 0.3 is 0 Å². The first-order valence-corrected chi connectivity index (χ1v) is 5.69. The van der Waals surface area contributed by atoms with Crippen LogP contribution < -0.4 is 15.8 Å². The number of methoxy groups -OCH3 is 1. The van der Waals surface area contributed by atoms with E-state index in [1.807, 2.05) is 20.8 Å². The minimum Gasteiger partial charge on any atom is -0.506 e. The number of carbonyl (C=O) groups excluding carboxylic acids is 1. The molecule has 0 aliphatic rings. The predicted octanol–water partition coefficient (Wildman–Crippen LogP) is 1.71. The molecule has 0 aliphatic carbocycles. The van der Waals surface area contributed by atoms with Gasteiger partial charge in [-0.25, -0.2) is 0 Å². The molecule has 5 nitrogen and oxygen atoms in total. The first-order chi connectivity index (χ1) is 8.25. The summed E-state index contributed by atoms with van der Waals surface area (Å²) in [4.78, 5) is 11.9. The summed E-state index contributed by atoms with van der Waals surface area (Å²) in [5.41, 5.74) is 5.78. The van der Waals surface area contributed by atoms with Crippen LogP contribution in [0.2, 0.25) is 0 Å². The van der Waals surface area contributed by atoms with Crippen molar-refractivity contribution < 1.29 is 14.6 Å². The number of rotatable bonds is 3. The van der Waals surface area contributed by atoms with E-state index in [-0.39, 0.29) is 17.1 Å². The van der Waals surface area contributed by atoms with E-state index in [9.17, 15) is 9.90 Å². The number of benzene rings is 1. The first-order valence-electron chi connectivity index (χ1n) is 5.69. The molecule has 0 aromatic heterocycles. The second kappa shape index (κ2) is 5.27. The van der Waals surface area contributed by atoms with Gasteiger partial charge in [-0.05, 0) is 17.5 Å². The quantitative estimate of drug-likeness (QED) is 0.715. The van der Waals surface area contributed by atoms with Crippen molar-refractivity contribution in [3.05, 3.63) is 18.2 Å². The molecular formula is C13H20N2O3. The van der Waals surface area contributed by atoms with E-state index >= 15 is 0 Å². The molecule has 0 fully saturated rings. The number of carbonyl (C=O) groups is 1. The monoisotopic (exact) mass is 252 g/mol. The Balaban J connectivity index is 2.88. The molecule has 5 heteroatoms. The summed E-state index contributed by atoms with van der Waals surface area (Å²) in [5.74, 6) is 0.184. The Kier molecular flexibility index (Phi) is 4.19. The van der Waals surface area contributed by atoms with Crippen LogP contribution in [0.4, 0.5) is 5.69 Å². The van der Waals surface area contributed by atoms with Gasteiger partial charge in [0.05, 0.1) is 18.8 Å². The van der Waals surface area contributed by atoms with Crippen LogP contribution in [-0.4, -0.2) is 24.2 Å². The number of phenolic OH excluding ortho intramolecular Hbond substituents is 1. The maximum atomic E-state index is 11.9. The molecule has 0 radical (unpaired) electrons. The Morgan fingerprint density at radius 3 is 2.56 bits per heavy atom. The fourth-order valence-electron chi connectivity index (χ4n) is 1.35. The van der Waals surface area contributed by atoms with Crippen LogP contribution >= 0.6 is 0 Å². The van der Waals surface area contributed by atoms with E-state index in [1.165, 1.54) is 13.2 Å². The van der Waals surface area contributed by atoms with E-state index in [4.69, 9.17) is 10.5 Å². The second-order valence-electron chi connectivity index (χ2n) is 5.22. The van der Waals surface area contributed by atoms with Crippen molar-refractivity contribution in [2.45, 2.75) is 26.8 Å². The van der Waals surface area contributed by atoms with Crippen molar-refractivity contribution in [3.63, 3.8) is 0 Å². The van der Waals surface area contributed by atoms with E-state index in [1.54, 1.807) is 12.1 Å². The first kappa shape index (κ1) is 14.3. The average Bonchev–Trinajstić information content (AvgIpc) is 2.29. The van der Waals surface area contributed by atoms with Crippen molar-refractivity contribution in [2.24, 2.45) is 11.1 Å². The highest BCUT2D eigenvalue weighted by atomic mass is 16.5. The van der Waals surface area contributed by atoms with Crippen LogP contribution in [0.1, 0.15) is 20.8 Å². The molecule has 0 saturated carbocycles. The fraction of sp³-hybridized carbons (Fsp3) is 0.462. The number of hydrogen-bond donors (Lipinski definition) is 3. The number of amides is 1. The molecule has 100 valence electrons. The van der Waals surface area contributed by atoms with Gasteiger partial charge in [-0.15, -0.1) is 0 Å². The van der Waals surface area contributed by atoms with Gasteiger partial charge < -0.3 is 20.9 Å². The van der Waals surface area contributed by atoms with E-state index in [2.05, 4.69) is 5.32 Å². The van der Waals surface area contributed by atoms with Crippen LogP contribution in [0.25, 0.3) is 0 Å². The van der Waals surface area contributed by atoms with E-state index in [0.717, 1.165) is 0 Å². The number of ether oxygens (including phenoxy) is 1. The number of hydrogen-bond acceptors (Lipinski definition) is 4. The maximum Gasteiger partial charge on any atom is 0.241 e. The largest absolute Gasteiger partial charge is 0.506 e. The molecule has 4 N–H and O–H groups in total. The standard InChI is InChI=1S/C13H20N2O3/c1-13(2,3)11(14)12(17)15-9-7-8(18-4)5-6-10(9)16/h5-7,11,16H,14H2,1-4H3,(H,15,17). The number of anilines is 1. The normalized spacial score (nSPS) is 12.9. The zero-order valence-electron chi connectivity index (χ0n) is 11.2. The highest BCUT2D eigenvalue weighted by molar-refractivity contribution is 5.96. The molecule has 0 bridgehead atoms. The number of nitrogens with one attached hydrogen (secondary N) is 1. The molecule has 0 saturated heterocycles. The molecule has 1 rings (SSSR count). The van der Waals surface area contributed by atoms with Crippen molar-refractivity contribution >= 4 is 11.6 Å². The molecule has 0 aliphatic heterocycles. The Morgan fingerprint density at radius 1 is 1.44 bits per heavy atom. The average molecular weight is 252 g/mol. The summed E-state index contributed by atoms with van der Waals surface area (Å²) in [6.45, 7) is 5.63. The maximum absolute atomic E-state index is 11.9. The third-order valence-corrected chi connectivity index (χ3v) is 2.68. The summed E-state index contributed by atoms with van der Waals surface area (Å²) in [7, 11) is 1.51. The lowest BCUT2D eigenvalue weighted by Gasteiger charge is -2.26. The summed E-state index contributed by atoms with van der Waals surface area (Å²) < 4.78 is 5.03. The summed E-state index contributed by atoms with van der Waals surface area (Å²) in [6.07, 6.45) is 0. The Morgan fingerprint density at radius 2 is 2.06 bits per heavy atom. The van der Waals surface area contributed by atoms with Gasteiger partial charge in [0.15, 0.2) is 0 Å². The van der Waals surface area contributed by atoms with Gasteiger partial charge in [-0.3, -0.25) is 4.79 Å². The molecule has 1 atom stereocenters. The van der Waals surface area contributed by atoms with Gasteiger partial charge in [0.1, 0.15) is 11.5 Å². The molecule has 0 heterocycles. The van der Waals surface area contributed by atoms with Crippen LogP contribution in [-0.2, 0) is 4.79 Å². The van der Waals surface area contributed by atoms with Gasteiger partial charge in [0, 0.05) is 6.07 Å². The highest BCUT2D eigenvalue weighted by Gasteiger charge is 2.27. The van der Waals surface area contributed by atoms with Crippen molar-refractivity contribution in [1.82, 2.24) is 0 Å². The lowest BCUT2D eigenvalue weighted by Crippen LogP contribution is -2.45. The van der Waals surface area contributed by atoms with Crippen molar-refractivity contribution in [1.29, 1.82) is 0 Å². The Bertz CT molecular complexity index is 438. The van der Waals surface area contributed by atoms with Crippen LogP contribution in [0.3, 0.4) is 0 Å². The molecule has 0 spiro atoms. The lowest BCUT2D eigenvalue weighted by molar-refractivity contribution is -0.119. The molecule has 1 unspecified atom stereocenters. The molecule has 1 aromatic rings. The third kappa shape index (κ3) is 3.37. The van der Waals surface area contributed by atoms with Gasteiger partial charge in [-0.2, -0.15) is 0 Å². The predicted molar refractivity (Wildman–Crippen MR) is 70.7 cm³/mol. The molecular weight excluding hydrogens is 232 g/mol. The molecule has 18 heavy (non-hydrogen) atoms. The highest BCUT2D eigenvalue weighted by Crippen LogP contribution is 2.28. The second-order valence-corrected chi connectivity index (χ2v) is 5.22. The zero-order valence-corrected chi connectivity index (χ0v) is 11.2. The van der Waals surface area contributed by atoms with E-state index in [0.29, 0.717) is 11.4 Å². The van der Waals surface area contributed by atoms with Crippen molar-refractivity contribution in [2.75, 3.05) is 12.4 Å². The molecule has 1 amide bonds. The minimum atomic E-state index is -0.664. The molecule has 1 aromatic carbocycles. The van der Waals surface area contributed by atoms with Crippen molar-refractivity contribution in [3.8, 4) is 11.5 Å². The zero-order chi connectivity index (χ0) is 13.9. The number of aromatic hydroxyl groups is 1. The smallest absolute Gasteiger partial charge is 0.241 e. The van der Waals surface area contributed by atoms with Crippen LogP contribution in [0.5, 0.6) is 11.5 Å². The summed E-state index contributed by atoms with van der Waals surface area (Å²) in [5, 5.41) is 12.3. The lowest BCUT2D eigenvalue weighted by atomic mass is 9.87. The SMILES string of the molecule is COc1ccc(O)c(NC(=O)C(N)C(C)(C)C)c1. The van der Waals surface area contributed by atoms with Gasteiger partial charge in [0.2, 0.25) is 5.91 Å². The van der Waals surface area contributed by atoms with Gasteiger partial charge in [0.25, 0.3) is 0 Å². The fourth-order valence-corrected chi connectivity index (χ4v) is 1.35. The van der Waals surface area contributed by atoms with Crippen LogP contribution in [0.15, 0.2) is 18.2 Å². The minimum absolute atomic E-state index is 0.0229. The Labute approximate surface area is 107 Å². The Hall–Kier alpha value is -1.75. The number of nitrogens with two attached hydrogens (primary N) is 1. The third-order valence-electron chi connectivity index (χ3n) is 2.68. The summed E-state index contributed by atoms with van der Waals surface area (Å²) in [6, 6.07) is 3.94. The van der Waals surface area contributed by atoms with Crippen LogP contribution in [0, 0.1) is 5.41 Å². The topological polar surface area (TPSA) is 84.6 Å². The van der Waals surface area contributed by atoms with E-state index < -0.39 is 6.04 Å². The number of phenols is 1. The summed E-state index contributed by atoms with van der Waals surface area (Å²) >= 11 is 0.